The van der Waals surface area contributed by atoms with Gasteiger partial charge in [-0.2, -0.15) is 0 Å². The molecule has 18 heavy (non-hydrogen) atoms. The summed E-state index contributed by atoms with van der Waals surface area (Å²) in [6.07, 6.45) is 8.40. The smallest absolute Gasteiger partial charge is 0.250 e. The molecule has 98 valence electrons. The Bertz CT molecular complexity index is 486. The zero-order valence-electron chi connectivity index (χ0n) is 10.9. The fourth-order valence-corrected chi connectivity index (χ4v) is 3.55. The third-order valence-electron chi connectivity index (χ3n) is 4.57. The van der Waals surface area contributed by atoms with Gasteiger partial charge in [0.25, 0.3) is 5.56 Å². The molecule has 1 aromatic rings. The fourth-order valence-electron chi connectivity index (χ4n) is 3.55. The first-order valence-electron chi connectivity index (χ1n) is 7.24. The Morgan fingerprint density at radius 1 is 1.17 bits per heavy atom. The second-order valence-electron chi connectivity index (χ2n) is 5.83. The number of nitrogens with two attached hydrogens (primary N) is 1. The van der Waals surface area contributed by atoms with Crippen molar-refractivity contribution >= 4 is 0 Å². The van der Waals surface area contributed by atoms with Crippen molar-refractivity contribution in [1.29, 1.82) is 0 Å². The van der Waals surface area contributed by atoms with Gasteiger partial charge in [0.05, 0.1) is 0 Å². The number of nitrogens with zero attached hydrogens (tertiary/aromatic N) is 1. The van der Waals surface area contributed by atoms with Crippen LogP contribution in [0.3, 0.4) is 0 Å². The number of pyridine rings is 1. The van der Waals surface area contributed by atoms with Crippen LogP contribution in [-0.4, -0.2) is 4.57 Å². The lowest BCUT2D eigenvalue weighted by molar-refractivity contribution is 0.423. The summed E-state index contributed by atoms with van der Waals surface area (Å²) >= 11 is 0. The Morgan fingerprint density at radius 2 is 1.94 bits per heavy atom. The topological polar surface area (TPSA) is 48.0 Å². The molecule has 0 spiro atoms. The first kappa shape index (κ1) is 12.0. The minimum absolute atomic E-state index is 0.129. The van der Waals surface area contributed by atoms with Gasteiger partial charge in [-0.25, -0.2) is 0 Å². The van der Waals surface area contributed by atoms with Crippen LogP contribution in [0.15, 0.2) is 16.9 Å². The largest absolute Gasteiger partial charge is 0.324 e. The summed E-state index contributed by atoms with van der Waals surface area (Å²) in [6, 6.07) is 3.79. The van der Waals surface area contributed by atoms with Crippen molar-refractivity contribution in [3.8, 4) is 0 Å². The Kier molecular flexibility index (Phi) is 3.25. The van der Waals surface area contributed by atoms with Crippen LogP contribution in [0.4, 0.5) is 0 Å². The number of fused-ring (bicyclic) bond motifs is 1. The molecular weight excluding hydrogens is 224 g/mol. The second kappa shape index (κ2) is 4.88. The molecule has 0 saturated heterocycles. The first-order valence-corrected chi connectivity index (χ1v) is 7.24. The maximum Gasteiger partial charge on any atom is 0.250 e. The predicted octanol–water partition coefficient (Wildman–Crippen LogP) is 2.37. The summed E-state index contributed by atoms with van der Waals surface area (Å²) in [7, 11) is 0. The van der Waals surface area contributed by atoms with Crippen molar-refractivity contribution in [2.45, 2.75) is 57.5 Å². The molecule has 1 aromatic heterocycles. The molecule has 0 amide bonds. The van der Waals surface area contributed by atoms with Crippen LogP contribution in [0.25, 0.3) is 0 Å². The van der Waals surface area contributed by atoms with E-state index in [0.29, 0.717) is 5.92 Å². The van der Waals surface area contributed by atoms with Gasteiger partial charge in [-0.3, -0.25) is 4.79 Å². The monoisotopic (exact) mass is 246 g/mol. The van der Waals surface area contributed by atoms with E-state index in [9.17, 15) is 4.79 Å². The van der Waals surface area contributed by atoms with Gasteiger partial charge in [0, 0.05) is 24.3 Å². The Labute approximate surface area is 108 Å². The van der Waals surface area contributed by atoms with Crippen molar-refractivity contribution in [3.05, 3.63) is 33.7 Å². The molecule has 1 atom stereocenters. The van der Waals surface area contributed by atoms with Crippen LogP contribution < -0.4 is 11.3 Å². The quantitative estimate of drug-likeness (QED) is 0.871. The van der Waals surface area contributed by atoms with Gasteiger partial charge < -0.3 is 10.3 Å². The molecule has 1 fully saturated rings. The predicted molar refractivity (Wildman–Crippen MR) is 72.5 cm³/mol. The van der Waals surface area contributed by atoms with Crippen LogP contribution in [0, 0.1) is 5.92 Å². The molecule has 3 nitrogen and oxygen atoms in total. The van der Waals surface area contributed by atoms with Gasteiger partial charge in [0.2, 0.25) is 0 Å². The van der Waals surface area contributed by atoms with E-state index in [1.807, 2.05) is 10.6 Å². The van der Waals surface area contributed by atoms with Gasteiger partial charge >= 0.3 is 0 Å². The second-order valence-corrected chi connectivity index (χ2v) is 5.83. The lowest BCUT2D eigenvalue weighted by atomic mass is 9.91. The van der Waals surface area contributed by atoms with Crippen molar-refractivity contribution < 1.29 is 0 Å². The highest BCUT2D eigenvalue weighted by molar-refractivity contribution is 5.27. The van der Waals surface area contributed by atoms with E-state index in [2.05, 4.69) is 0 Å². The molecule has 0 radical (unpaired) electrons. The van der Waals surface area contributed by atoms with Crippen molar-refractivity contribution in [1.82, 2.24) is 4.57 Å². The van der Waals surface area contributed by atoms with Gasteiger partial charge in [0.1, 0.15) is 0 Å². The van der Waals surface area contributed by atoms with E-state index in [1.165, 1.54) is 36.9 Å². The molecule has 0 bridgehead atoms. The van der Waals surface area contributed by atoms with Gasteiger partial charge in [-0.15, -0.1) is 0 Å². The highest BCUT2D eigenvalue weighted by atomic mass is 16.1. The maximum absolute atomic E-state index is 12.1. The highest BCUT2D eigenvalue weighted by Gasteiger charge is 2.22. The Hall–Kier alpha value is -1.09. The van der Waals surface area contributed by atoms with Gasteiger partial charge in [0.15, 0.2) is 0 Å². The summed E-state index contributed by atoms with van der Waals surface area (Å²) in [5.41, 5.74) is 8.74. The Morgan fingerprint density at radius 3 is 2.72 bits per heavy atom. The summed E-state index contributed by atoms with van der Waals surface area (Å²) in [5.74, 6) is 0.701. The third kappa shape index (κ3) is 2.12. The van der Waals surface area contributed by atoms with E-state index in [4.69, 9.17) is 5.73 Å². The van der Waals surface area contributed by atoms with Crippen LogP contribution in [0.2, 0.25) is 0 Å². The van der Waals surface area contributed by atoms with Crippen LogP contribution >= 0.6 is 0 Å². The van der Waals surface area contributed by atoms with Crippen molar-refractivity contribution in [3.63, 3.8) is 0 Å². The molecule has 3 rings (SSSR count). The summed E-state index contributed by atoms with van der Waals surface area (Å²) in [5, 5.41) is 0. The van der Waals surface area contributed by atoms with E-state index >= 15 is 0 Å². The molecule has 2 aliphatic carbocycles. The van der Waals surface area contributed by atoms with E-state index in [-0.39, 0.29) is 11.6 Å². The number of aromatic nitrogens is 1. The average Bonchev–Trinajstić information content (AvgIpc) is 2.86. The van der Waals surface area contributed by atoms with Gasteiger partial charge in [-0.1, -0.05) is 18.9 Å². The number of hydrogen-bond acceptors (Lipinski definition) is 2. The molecule has 0 aromatic carbocycles. The zero-order chi connectivity index (χ0) is 12.5. The van der Waals surface area contributed by atoms with Gasteiger partial charge in [-0.05, 0) is 43.6 Å². The highest BCUT2D eigenvalue weighted by Crippen LogP contribution is 2.30. The van der Waals surface area contributed by atoms with Crippen molar-refractivity contribution in [2.24, 2.45) is 11.7 Å². The molecule has 1 unspecified atom stereocenters. The van der Waals surface area contributed by atoms with Crippen LogP contribution in [-0.2, 0) is 13.0 Å². The summed E-state index contributed by atoms with van der Waals surface area (Å²) in [4.78, 5) is 12.1. The molecule has 3 heteroatoms. The number of hydrogen-bond donors (Lipinski definition) is 1. The molecule has 2 N–H and O–H groups in total. The van der Waals surface area contributed by atoms with E-state index < -0.39 is 0 Å². The maximum atomic E-state index is 12.1. The Balaban J connectivity index is 1.96. The summed E-state index contributed by atoms with van der Waals surface area (Å²) in [6.45, 7) is 0.911. The first-order chi connectivity index (χ1) is 8.75. The SMILES string of the molecule is NC1CCCc2c1ccc(=O)n2CC1CCCC1. The standard InChI is InChI=1S/C15H22N2O/c16-13-6-3-7-14-12(13)8-9-15(18)17(14)10-11-4-1-2-5-11/h8-9,11,13H,1-7,10,16H2. The molecule has 2 aliphatic rings. The zero-order valence-corrected chi connectivity index (χ0v) is 10.9. The minimum Gasteiger partial charge on any atom is -0.324 e. The number of rotatable bonds is 2. The minimum atomic E-state index is 0.129. The van der Waals surface area contributed by atoms with E-state index in [1.54, 1.807) is 6.07 Å². The summed E-state index contributed by atoms with van der Waals surface area (Å²) < 4.78 is 2.02. The van der Waals surface area contributed by atoms with Crippen LogP contribution in [0.5, 0.6) is 0 Å². The molecule has 0 aliphatic heterocycles. The molecule has 1 saturated carbocycles. The molecular formula is C15H22N2O. The normalized spacial score (nSPS) is 24.2. The lowest BCUT2D eigenvalue weighted by Crippen LogP contribution is -2.31. The third-order valence-corrected chi connectivity index (χ3v) is 4.57. The fraction of sp³-hybridized carbons (Fsp3) is 0.667. The average molecular weight is 246 g/mol. The molecule has 1 heterocycles. The van der Waals surface area contributed by atoms with Crippen molar-refractivity contribution in [2.75, 3.05) is 0 Å². The van der Waals surface area contributed by atoms with Crippen LogP contribution in [0.1, 0.15) is 55.8 Å². The van der Waals surface area contributed by atoms with E-state index in [0.717, 1.165) is 25.8 Å². The lowest BCUT2D eigenvalue weighted by Gasteiger charge is -2.26.